The zero-order chi connectivity index (χ0) is 17.2. The molecule has 0 radical (unpaired) electrons. The largest absolute Gasteiger partial charge is 0.497 e. The molecule has 1 rings (SSSR count). The maximum atomic E-state index is 11.9. The average Bonchev–Trinajstić information content (AvgIpc) is 2.60. The van der Waals surface area contributed by atoms with Crippen LogP contribution in [0.1, 0.15) is 24.9 Å². The quantitative estimate of drug-likeness (QED) is 0.458. The number of hydrogen-bond donors (Lipinski definition) is 2. The predicted molar refractivity (Wildman–Crippen MR) is 91.7 cm³/mol. The standard InChI is InChI=1S/C18H24N2O3/c1-4-5-6-7-8-15(18(21)23-3)17(20)16(19)13-9-11-14(22-2)12-10-13/h5-12,16H,4,19-20H2,1-3H3/b6-5-,8-7-,17-15+. The van der Waals surface area contributed by atoms with E-state index in [-0.39, 0.29) is 11.3 Å². The summed E-state index contributed by atoms with van der Waals surface area (Å²) in [5.41, 5.74) is 13.6. The summed E-state index contributed by atoms with van der Waals surface area (Å²) < 4.78 is 9.90. The Bertz CT molecular complexity index is 601. The van der Waals surface area contributed by atoms with Crippen molar-refractivity contribution in [1.82, 2.24) is 0 Å². The molecule has 124 valence electrons. The van der Waals surface area contributed by atoms with Crippen LogP contribution in [-0.2, 0) is 9.53 Å². The molecule has 4 N–H and O–H groups in total. The van der Waals surface area contributed by atoms with Crippen LogP contribution in [0.3, 0.4) is 0 Å². The number of nitrogens with two attached hydrogens (primary N) is 2. The van der Waals surface area contributed by atoms with Gasteiger partial charge in [-0.3, -0.25) is 0 Å². The van der Waals surface area contributed by atoms with E-state index in [1.54, 1.807) is 31.4 Å². The highest BCUT2D eigenvalue weighted by Crippen LogP contribution is 2.22. The highest BCUT2D eigenvalue weighted by molar-refractivity contribution is 5.92. The van der Waals surface area contributed by atoms with Gasteiger partial charge in [-0.15, -0.1) is 0 Å². The van der Waals surface area contributed by atoms with Gasteiger partial charge in [-0.25, -0.2) is 4.79 Å². The van der Waals surface area contributed by atoms with Gasteiger partial charge in [0, 0.05) is 5.70 Å². The molecule has 1 atom stereocenters. The van der Waals surface area contributed by atoms with Gasteiger partial charge in [0.1, 0.15) is 5.75 Å². The second-order valence-electron chi connectivity index (χ2n) is 4.81. The maximum absolute atomic E-state index is 11.9. The van der Waals surface area contributed by atoms with E-state index in [1.165, 1.54) is 7.11 Å². The Morgan fingerprint density at radius 2 is 1.87 bits per heavy atom. The van der Waals surface area contributed by atoms with Crippen LogP contribution in [0.2, 0.25) is 0 Å². The molecule has 1 unspecified atom stereocenters. The average molecular weight is 316 g/mol. The molecule has 0 saturated heterocycles. The first-order valence-corrected chi connectivity index (χ1v) is 7.35. The van der Waals surface area contributed by atoms with Gasteiger partial charge in [0.05, 0.1) is 25.8 Å². The summed E-state index contributed by atoms with van der Waals surface area (Å²) in [7, 11) is 2.90. The highest BCUT2D eigenvalue weighted by Gasteiger charge is 2.18. The zero-order valence-electron chi connectivity index (χ0n) is 13.8. The van der Waals surface area contributed by atoms with E-state index in [9.17, 15) is 4.79 Å². The van der Waals surface area contributed by atoms with Crippen LogP contribution in [0.4, 0.5) is 0 Å². The second-order valence-corrected chi connectivity index (χ2v) is 4.81. The fraction of sp³-hybridized carbons (Fsp3) is 0.278. The Morgan fingerprint density at radius 1 is 1.22 bits per heavy atom. The number of carbonyl (C=O) groups is 1. The lowest BCUT2D eigenvalue weighted by atomic mass is 10.0. The van der Waals surface area contributed by atoms with Crippen molar-refractivity contribution < 1.29 is 14.3 Å². The molecule has 0 amide bonds. The van der Waals surface area contributed by atoms with Gasteiger partial charge in [0.25, 0.3) is 0 Å². The van der Waals surface area contributed by atoms with Crippen molar-refractivity contribution in [3.05, 3.63) is 65.4 Å². The van der Waals surface area contributed by atoms with Gasteiger partial charge >= 0.3 is 5.97 Å². The molecule has 23 heavy (non-hydrogen) atoms. The molecule has 0 spiro atoms. The van der Waals surface area contributed by atoms with Crippen LogP contribution < -0.4 is 16.2 Å². The molecule has 0 saturated carbocycles. The van der Waals surface area contributed by atoms with Crippen LogP contribution in [0.25, 0.3) is 0 Å². The van der Waals surface area contributed by atoms with Crippen molar-refractivity contribution in [2.24, 2.45) is 11.5 Å². The first-order valence-electron chi connectivity index (χ1n) is 7.35. The molecule has 0 fully saturated rings. The molecule has 0 bridgehead atoms. The summed E-state index contributed by atoms with van der Waals surface area (Å²) in [4.78, 5) is 11.9. The van der Waals surface area contributed by atoms with Gasteiger partial charge in [-0.1, -0.05) is 37.3 Å². The molecule has 0 heterocycles. The van der Waals surface area contributed by atoms with Crippen molar-refractivity contribution >= 4 is 5.97 Å². The molecule has 5 heteroatoms. The topological polar surface area (TPSA) is 87.6 Å². The molecule has 0 aromatic heterocycles. The van der Waals surface area contributed by atoms with E-state index in [4.69, 9.17) is 20.9 Å². The van der Waals surface area contributed by atoms with E-state index in [0.717, 1.165) is 17.7 Å². The van der Waals surface area contributed by atoms with Gasteiger partial charge < -0.3 is 20.9 Å². The van der Waals surface area contributed by atoms with Crippen LogP contribution in [0.5, 0.6) is 5.75 Å². The third kappa shape index (κ3) is 5.30. The maximum Gasteiger partial charge on any atom is 0.339 e. The Kier molecular flexibility index (Phi) is 7.63. The molecule has 5 nitrogen and oxygen atoms in total. The van der Waals surface area contributed by atoms with Crippen molar-refractivity contribution in [1.29, 1.82) is 0 Å². The molecule has 1 aromatic carbocycles. The Hall–Kier alpha value is -2.53. The number of methoxy groups -OCH3 is 2. The third-order valence-electron chi connectivity index (χ3n) is 3.27. The smallest absolute Gasteiger partial charge is 0.339 e. The number of esters is 1. The van der Waals surface area contributed by atoms with Crippen LogP contribution in [0.15, 0.2) is 59.8 Å². The summed E-state index contributed by atoms with van der Waals surface area (Å²) in [5.74, 6) is 0.203. The van der Waals surface area contributed by atoms with E-state index in [1.807, 2.05) is 31.2 Å². The summed E-state index contributed by atoms with van der Waals surface area (Å²) in [6, 6.07) is 6.59. The highest BCUT2D eigenvalue weighted by atomic mass is 16.5. The minimum absolute atomic E-state index is 0.247. The number of ether oxygens (including phenoxy) is 2. The summed E-state index contributed by atoms with van der Waals surface area (Å²) >= 11 is 0. The monoisotopic (exact) mass is 316 g/mol. The Balaban J connectivity index is 3.13. The molecule has 0 aliphatic heterocycles. The molecule has 0 aliphatic carbocycles. The molecule has 1 aromatic rings. The predicted octanol–water partition coefficient (Wildman–Crippen LogP) is 2.60. The van der Waals surface area contributed by atoms with Gasteiger partial charge in [0.2, 0.25) is 0 Å². The fourth-order valence-corrected chi connectivity index (χ4v) is 1.92. The Labute approximate surface area is 137 Å². The van der Waals surface area contributed by atoms with Crippen molar-refractivity contribution in [2.75, 3.05) is 14.2 Å². The number of allylic oxidation sites excluding steroid dienone is 3. The molecular formula is C18H24N2O3. The van der Waals surface area contributed by atoms with Crippen molar-refractivity contribution in [3.63, 3.8) is 0 Å². The van der Waals surface area contributed by atoms with E-state index >= 15 is 0 Å². The van der Waals surface area contributed by atoms with Gasteiger partial charge in [0.15, 0.2) is 0 Å². The van der Waals surface area contributed by atoms with Crippen molar-refractivity contribution in [3.8, 4) is 5.75 Å². The third-order valence-corrected chi connectivity index (χ3v) is 3.27. The lowest BCUT2D eigenvalue weighted by Crippen LogP contribution is -2.23. The summed E-state index contributed by atoms with van der Waals surface area (Å²) in [6.45, 7) is 2.02. The minimum atomic E-state index is -0.616. The zero-order valence-corrected chi connectivity index (χ0v) is 13.8. The summed E-state index contributed by atoms with van der Waals surface area (Å²) in [6.07, 6.45) is 8.06. The van der Waals surface area contributed by atoms with Crippen LogP contribution >= 0.6 is 0 Å². The Morgan fingerprint density at radius 3 is 2.39 bits per heavy atom. The lowest BCUT2D eigenvalue weighted by Gasteiger charge is -2.15. The number of carbonyl (C=O) groups excluding carboxylic acids is 1. The fourth-order valence-electron chi connectivity index (χ4n) is 1.92. The number of benzene rings is 1. The van der Waals surface area contributed by atoms with Gasteiger partial charge in [-0.2, -0.15) is 0 Å². The molecule has 0 aliphatic rings. The lowest BCUT2D eigenvalue weighted by molar-refractivity contribution is -0.135. The first kappa shape index (κ1) is 18.5. The normalized spacial score (nSPS) is 13.9. The van der Waals surface area contributed by atoms with E-state index < -0.39 is 12.0 Å². The second kappa shape index (κ2) is 9.48. The van der Waals surface area contributed by atoms with Crippen molar-refractivity contribution in [2.45, 2.75) is 19.4 Å². The van der Waals surface area contributed by atoms with Gasteiger partial charge in [-0.05, 0) is 30.2 Å². The van der Waals surface area contributed by atoms with Crippen LogP contribution in [0, 0.1) is 0 Å². The minimum Gasteiger partial charge on any atom is -0.497 e. The number of hydrogen-bond acceptors (Lipinski definition) is 5. The SMILES string of the molecule is CC\C=C/C=C\C(C(=O)OC)=C(/N)C(N)c1ccc(OC)cc1. The number of rotatable bonds is 7. The van der Waals surface area contributed by atoms with E-state index in [0.29, 0.717) is 0 Å². The molecular weight excluding hydrogens is 292 g/mol. The van der Waals surface area contributed by atoms with E-state index in [2.05, 4.69) is 0 Å². The summed E-state index contributed by atoms with van der Waals surface area (Å²) in [5, 5.41) is 0. The first-order chi connectivity index (χ1) is 11.0. The van der Waals surface area contributed by atoms with Crippen LogP contribution in [-0.4, -0.2) is 20.2 Å².